The van der Waals surface area contributed by atoms with Crippen molar-refractivity contribution >= 4 is 33.4 Å². The van der Waals surface area contributed by atoms with Crippen LogP contribution < -0.4 is 16.4 Å². The Hall–Kier alpha value is -1.56. The van der Waals surface area contributed by atoms with Gasteiger partial charge >= 0.3 is 0 Å². The van der Waals surface area contributed by atoms with Crippen molar-refractivity contribution < 1.29 is 9.59 Å². The maximum atomic E-state index is 11.9. The van der Waals surface area contributed by atoms with E-state index in [4.69, 9.17) is 5.73 Å². The Morgan fingerprint density at radius 2 is 2.00 bits per heavy atom. The largest absolute Gasteiger partial charge is 0.399 e. The van der Waals surface area contributed by atoms with Crippen molar-refractivity contribution in [1.82, 2.24) is 10.6 Å². The fourth-order valence-electron chi connectivity index (χ4n) is 1.35. The summed E-state index contributed by atoms with van der Waals surface area (Å²) in [6.45, 7) is 4.55. The van der Waals surface area contributed by atoms with Crippen LogP contribution in [0.5, 0.6) is 0 Å². The normalized spacial score (nSPS) is 10.3. The molecule has 0 aliphatic heterocycles. The number of benzene rings is 1. The monoisotopic (exact) mass is 327 g/mol. The number of rotatable bonds is 5. The van der Waals surface area contributed by atoms with Crippen molar-refractivity contribution in [2.24, 2.45) is 5.92 Å². The molecule has 0 atom stereocenters. The molecule has 19 heavy (non-hydrogen) atoms. The first-order chi connectivity index (χ1) is 8.90. The molecular weight excluding hydrogens is 310 g/mol. The Balaban J connectivity index is 2.51. The number of halogens is 1. The first-order valence-electron chi connectivity index (χ1n) is 6.00. The topological polar surface area (TPSA) is 84.2 Å². The van der Waals surface area contributed by atoms with E-state index in [0.29, 0.717) is 28.2 Å². The van der Waals surface area contributed by atoms with Gasteiger partial charge in [-0.25, -0.2) is 0 Å². The first kappa shape index (κ1) is 15.5. The standard InChI is InChI=1S/C13H18BrN3O2/c1-8(2)6-16-12(18)7-17-13(19)10-5-9(15)3-4-11(10)14/h3-5,8H,6-7,15H2,1-2H3,(H,16,18)(H,17,19). The van der Waals surface area contributed by atoms with E-state index in [-0.39, 0.29) is 18.4 Å². The van der Waals surface area contributed by atoms with E-state index in [2.05, 4.69) is 26.6 Å². The number of amides is 2. The van der Waals surface area contributed by atoms with E-state index in [0.717, 1.165) is 0 Å². The Kier molecular flexibility index (Phi) is 5.82. The Morgan fingerprint density at radius 3 is 2.63 bits per heavy atom. The van der Waals surface area contributed by atoms with Crippen LogP contribution in [0.2, 0.25) is 0 Å². The third-order valence-electron chi connectivity index (χ3n) is 2.35. The van der Waals surface area contributed by atoms with Crippen LogP contribution in [0.3, 0.4) is 0 Å². The van der Waals surface area contributed by atoms with Crippen molar-refractivity contribution in [2.75, 3.05) is 18.8 Å². The maximum absolute atomic E-state index is 11.9. The zero-order valence-electron chi connectivity index (χ0n) is 11.0. The van der Waals surface area contributed by atoms with Gasteiger partial charge in [0.15, 0.2) is 0 Å². The zero-order chi connectivity index (χ0) is 14.4. The summed E-state index contributed by atoms with van der Waals surface area (Å²) in [6.07, 6.45) is 0. The average Bonchev–Trinajstić information content (AvgIpc) is 2.36. The minimum atomic E-state index is -0.334. The minimum Gasteiger partial charge on any atom is -0.399 e. The van der Waals surface area contributed by atoms with Crippen molar-refractivity contribution in [3.05, 3.63) is 28.2 Å². The molecule has 0 fully saturated rings. The van der Waals surface area contributed by atoms with Gasteiger partial charge in [0.25, 0.3) is 5.91 Å². The molecule has 0 aromatic heterocycles. The maximum Gasteiger partial charge on any atom is 0.252 e. The molecule has 2 amide bonds. The molecule has 5 nitrogen and oxygen atoms in total. The number of anilines is 1. The zero-order valence-corrected chi connectivity index (χ0v) is 12.6. The second-order valence-electron chi connectivity index (χ2n) is 4.62. The van der Waals surface area contributed by atoms with E-state index in [1.165, 1.54) is 0 Å². The molecule has 0 saturated heterocycles. The van der Waals surface area contributed by atoms with Crippen LogP contribution in [0.15, 0.2) is 22.7 Å². The smallest absolute Gasteiger partial charge is 0.252 e. The fourth-order valence-corrected chi connectivity index (χ4v) is 1.78. The summed E-state index contributed by atoms with van der Waals surface area (Å²) < 4.78 is 0.641. The second-order valence-corrected chi connectivity index (χ2v) is 5.47. The molecule has 0 aliphatic rings. The molecule has 1 aromatic carbocycles. The van der Waals surface area contributed by atoms with Crippen molar-refractivity contribution in [2.45, 2.75) is 13.8 Å². The summed E-state index contributed by atoms with van der Waals surface area (Å²) in [7, 11) is 0. The van der Waals surface area contributed by atoms with Gasteiger partial charge in [0.05, 0.1) is 12.1 Å². The van der Waals surface area contributed by atoms with Gasteiger partial charge in [-0.2, -0.15) is 0 Å². The van der Waals surface area contributed by atoms with Crippen LogP contribution in [0, 0.1) is 5.92 Å². The van der Waals surface area contributed by atoms with E-state index in [1.54, 1.807) is 18.2 Å². The molecule has 0 heterocycles. The summed E-state index contributed by atoms with van der Waals surface area (Å²) in [6, 6.07) is 4.95. The highest BCUT2D eigenvalue weighted by atomic mass is 79.9. The molecule has 104 valence electrons. The quantitative estimate of drug-likeness (QED) is 0.717. The van der Waals surface area contributed by atoms with E-state index >= 15 is 0 Å². The van der Waals surface area contributed by atoms with Crippen LogP contribution in [0.4, 0.5) is 5.69 Å². The van der Waals surface area contributed by atoms with Gasteiger partial charge in [-0.1, -0.05) is 13.8 Å². The van der Waals surface area contributed by atoms with Crippen molar-refractivity contribution in [3.8, 4) is 0 Å². The van der Waals surface area contributed by atoms with Gasteiger partial charge in [-0.3, -0.25) is 9.59 Å². The highest BCUT2D eigenvalue weighted by Gasteiger charge is 2.11. The Bertz CT molecular complexity index is 475. The van der Waals surface area contributed by atoms with Crippen LogP contribution >= 0.6 is 15.9 Å². The number of nitrogens with two attached hydrogens (primary N) is 1. The van der Waals surface area contributed by atoms with Crippen LogP contribution in [-0.2, 0) is 4.79 Å². The number of carbonyl (C=O) groups is 2. The molecule has 0 bridgehead atoms. The predicted octanol–water partition coefficient (Wildman–Crippen LogP) is 1.53. The van der Waals surface area contributed by atoms with Gasteiger partial charge in [0.2, 0.25) is 5.91 Å². The van der Waals surface area contributed by atoms with Gasteiger partial charge in [0, 0.05) is 16.7 Å². The molecule has 1 aromatic rings. The van der Waals surface area contributed by atoms with E-state index in [1.807, 2.05) is 13.8 Å². The number of carbonyl (C=O) groups excluding carboxylic acids is 2. The third kappa shape index (κ3) is 5.30. The molecular formula is C13H18BrN3O2. The minimum absolute atomic E-state index is 0.0488. The lowest BCUT2D eigenvalue weighted by atomic mass is 10.2. The molecule has 1 rings (SSSR count). The highest BCUT2D eigenvalue weighted by molar-refractivity contribution is 9.10. The average molecular weight is 328 g/mol. The molecule has 0 spiro atoms. The lowest BCUT2D eigenvalue weighted by Crippen LogP contribution is -2.38. The second kappa shape index (κ2) is 7.13. The number of hydrogen-bond acceptors (Lipinski definition) is 3. The molecule has 0 saturated carbocycles. The van der Waals surface area contributed by atoms with Crippen LogP contribution in [-0.4, -0.2) is 24.9 Å². The Morgan fingerprint density at radius 1 is 1.32 bits per heavy atom. The summed E-state index contributed by atoms with van der Waals surface area (Å²) in [4.78, 5) is 23.4. The summed E-state index contributed by atoms with van der Waals surface area (Å²) in [5.74, 6) is -0.163. The summed E-state index contributed by atoms with van der Waals surface area (Å²) in [5.41, 5.74) is 6.53. The van der Waals surface area contributed by atoms with Gasteiger partial charge < -0.3 is 16.4 Å². The number of nitrogens with one attached hydrogen (secondary N) is 2. The SMILES string of the molecule is CC(C)CNC(=O)CNC(=O)c1cc(N)ccc1Br. The highest BCUT2D eigenvalue weighted by Crippen LogP contribution is 2.19. The number of nitrogen functional groups attached to an aromatic ring is 1. The summed E-state index contributed by atoms with van der Waals surface area (Å²) >= 11 is 3.27. The lowest BCUT2D eigenvalue weighted by molar-refractivity contribution is -0.120. The first-order valence-corrected chi connectivity index (χ1v) is 6.79. The van der Waals surface area contributed by atoms with E-state index < -0.39 is 0 Å². The third-order valence-corrected chi connectivity index (χ3v) is 3.04. The molecule has 0 aliphatic carbocycles. The van der Waals surface area contributed by atoms with Gasteiger partial charge in [-0.15, -0.1) is 0 Å². The van der Waals surface area contributed by atoms with Crippen molar-refractivity contribution in [1.29, 1.82) is 0 Å². The predicted molar refractivity (Wildman–Crippen MR) is 78.7 cm³/mol. The number of hydrogen-bond donors (Lipinski definition) is 3. The van der Waals surface area contributed by atoms with Crippen molar-refractivity contribution in [3.63, 3.8) is 0 Å². The molecule has 4 N–H and O–H groups in total. The van der Waals surface area contributed by atoms with E-state index in [9.17, 15) is 9.59 Å². The Labute approximate surface area is 121 Å². The fraction of sp³-hybridized carbons (Fsp3) is 0.385. The molecule has 0 unspecified atom stereocenters. The lowest BCUT2D eigenvalue weighted by Gasteiger charge is -2.09. The van der Waals surface area contributed by atoms with Crippen LogP contribution in [0.1, 0.15) is 24.2 Å². The molecule has 0 radical (unpaired) electrons. The van der Waals surface area contributed by atoms with Gasteiger partial charge in [-0.05, 0) is 40.0 Å². The molecule has 6 heteroatoms. The van der Waals surface area contributed by atoms with Crippen LogP contribution in [0.25, 0.3) is 0 Å². The summed E-state index contributed by atoms with van der Waals surface area (Å²) in [5, 5.41) is 5.28. The van der Waals surface area contributed by atoms with Gasteiger partial charge in [0.1, 0.15) is 0 Å².